The molecule has 1 aromatic heterocycles. The molecule has 2 aromatic rings. The van der Waals surface area contributed by atoms with Crippen molar-refractivity contribution in [1.29, 1.82) is 0 Å². The fourth-order valence-electron chi connectivity index (χ4n) is 2.59. The van der Waals surface area contributed by atoms with E-state index in [0.29, 0.717) is 44.7 Å². The zero-order chi connectivity index (χ0) is 20.2. The van der Waals surface area contributed by atoms with Crippen molar-refractivity contribution in [3.8, 4) is 11.6 Å². The van der Waals surface area contributed by atoms with E-state index >= 15 is 0 Å². The highest BCUT2D eigenvalue weighted by Crippen LogP contribution is 2.20. The molecule has 1 aromatic carbocycles. The summed E-state index contributed by atoms with van der Waals surface area (Å²) < 4.78 is 16.4. The lowest BCUT2D eigenvalue weighted by molar-refractivity contribution is 0.143. The van der Waals surface area contributed by atoms with Crippen LogP contribution in [-0.4, -0.2) is 44.9 Å². The van der Waals surface area contributed by atoms with Crippen LogP contribution in [-0.2, 0) is 17.8 Å². The van der Waals surface area contributed by atoms with Gasteiger partial charge in [0, 0.05) is 44.6 Å². The third-order valence-corrected chi connectivity index (χ3v) is 4.01. The Morgan fingerprint density at radius 3 is 2.52 bits per heavy atom. The Morgan fingerprint density at radius 1 is 1.07 bits per heavy atom. The van der Waals surface area contributed by atoms with Crippen molar-refractivity contribution >= 4 is 29.9 Å². The van der Waals surface area contributed by atoms with Gasteiger partial charge in [0.15, 0.2) is 5.96 Å². The van der Waals surface area contributed by atoms with E-state index in [9.17, 15) is 0 Å². The SMILES string of the molecule is CCOc1cc(C)ccc1CNC(=NC)NCc1cccnc1OCCOC.I. The Bertz CT molecular complexity index is 771. The molecule has 0 unspecified atom stereocenters. The molecular formula is C21H31IN4O3. The molecule has 8 heteroatoms. The summed E-state index contributed by atoms with van der Waals surface area (Å²) in [5.41, 5.74) is 3.21. The van der Waals surface area contributed by atoms with E-state index in [1.165, 1.54) is 5.56 Å². The minimum Gasteiger partial charge on any atom is -0.494 e. The van der Waals surface area contributed by atoms with E-state index in [0.717, 1.165) is 16.9 Å². The first-order chi connectivity index (χ1) is 13.7. The summed E-state index contributed by atoms with van der Waals surface area (Å²) in [5, 5.41) is 6.62. The predicted octanol–water partition coefficient (Wildman–Crippen LogP) is 3.30. The van der Waals surface area contributed by atoms with E-state index in [-0.39, 0.29) is 24.0 Å². The Morgan fingerprint density at radius 2 is 1.83 bits per heavy atom. The van der Waals surface area contributed by atoms with Crippen molar-refractivity contribution in [2.75, 3.05) is 34.0 Å². The van der Waals surface area contributed by atoms with Gasteiger partial charge < -0.3 is 24.8 Å². The van der Waals surface area contributed by atoms with Crippen molar-refractivity contribution in [3.63, 3.8) is 0 Å². The number of hydrogen-bond acceptors (Lipinski definition) is 5. The average Bonchev–Trinajstić information content (AvgIpc) is 2.71. The van der Waals surface area contributed by atoms with E-state index < -0.39 is 0 Å². The lowest BCUT2D eigenvalue weighted by Gasteiger charge is -2.16. The minimum absolute atomic E-state index is 0. The van der Waals surface area contributed by atoms with Crippen molar-refractivity contribution in [2.45, 2.75) is 26.9 Å². The zero-order valence-electron chi connectivity index (χ0n) is 17.5. The molecule has 0 atom stereocenters. The summed E-state index contributed by atoms with van der Waals surface area (Å²) in [5.74, 6) is 2.18. The van der Waals surface area contributed by atoms with Crippen molar-refractivity contribution in [3.05, 3.63) is 53.2 Å². The monoisotopic (exact) mass is 514 g/mol. The summed E-state index contributed by atoms with van der Waals surface area (Å²) >= 11 is 0. The number of pyridine rings is 1. The number of aryl methyl sites for hydroxylation is 1. The third kappa shape index (κ3) is 8.45. The second-order valence-electron chi connectivity index (χ2n) is 6.13. The molecule has 1 heterocycles. The van der Waals surface area contributed by atoms with Gasteiger partial charge in [0.05, 0.1) is 13.2 Å². The van der Waals surface area contributed by atoms with Gasteiger partial charge in [-0.2, -0.15) is 0 Å². The zero-order valence-corrected chi connectivity index (χ0v) is 19.9. The number of hydrogen-bond donors (Lipinski definition) is 2. The first-order valence-corrected chi connectivity index (χ1v) is 9.40. The third-order valence-electron chi connectivity index (χ3n) is 4.01. The first kappa shape index (κ1) is 25.0. The Hall–Kier alpha value is -2.07. The molecule has 0 saturated carbocycles. The van der Waals surface area contributed by atoms with E-state index in [1.807, 2.05) is 19.1 Å². The molecule has 0 saturated heterocycles. The molecule has 2 N–H and O–H groups in total. The van der Waals surface area contributed by atoms with Crippen LogP contribution in [0.4, 0.5) is 0 Å². The molecule has 0 aliphatic heterocycles. The Kier molecular flexibility index (Phi) is 12.1. The molecule has 2 rings (SSSR count). The number of nitrogens with one attached hydrogen (secondary N) is 2. The molecule has 7 nitrogen and oxygen atoms in total. The fraction of sp³-hybridized carbons (Fsp3) is 0.429. The number of halogens is 1. The van der Waals surface area contributed by atoms with Crippen LogP contribution in [0.15, 0.2) is 41.5 Å². The predicted molar refractivity (Wildman–Crippen MR) is 126 cm³/mol. The van der Waals surface area contributed by atoms with E-state index in [4.69, 9.17) is 14.2 Å². The van der Waals surface area contributed by atoms with Gasteiger partial charge in [-0.1, -0.05) is 18.2 Å². The minimum atomic E-state index is 0. The van der Waals surface area contributed by atoms with E-state index in [1.54, 1.807) is 20.4 Å². The van der Waals surface area contributed by atoms with Crippen LogP contribution < -0.4 is 20.1 Å². The summed E-state index contributed by atoms with van der Waals surface area (Å²) in [6.45, 7) is 6.81. The van der Waals surface area contributed by atoms with Crippen molar-refractivity contribution in [2.24, 2.45) is 4.99 Å². The maximum absolute atomic E-state index is 5.74. The lowest BCUT2D eigenvalue weighted by Crippen LogP contribution is -2.36. The second-order valence-corrected chi connectivity index (χ2v) is 6.13. The van der Waals surface area contributed by atoms with Gasteiger partial charge in [-0.05, 0) is 31.5 Å². The maximum atomic E-state index is 5.74. The quantitative estimate of drug-likeness (QED) is 0.219. The molecule has 0 radical (unpaired) electrons. The van der Waals surface area contributed by atoms with Gasteiger partial charge in [-0.25, -0.2) is 4.98 Å². The highest BCUT2D eigenvalue weighted by Gasteiger charge is 2.08. The van der Waals surface area contributed by atoms with Crippen LogP contribution in [0.25, 0.3) is 0 Å². The summed E-state index contributed by atoms with van der Waals surface area (Å²) in [6.07, 6.45) is 1.71. The molecule has 0 aliphatic rings. The number of aromatic nitrogens is 1. The molecule has 0 spiro atoms. The summed E-state index contributed by atoms with van der Waals surface area (Å²) in [6, 6.07) is 10.1. The summed E-state index contributed by atoms with van der Waals surface area (Å²) in [4.78, 5) is 8.58. The van der Waals surface area contributed by atoms with Crippen LogP contribution >= 0.6 is 24.0 Å². The maximum Gasteiger partial charge on any atom is 0.218 e. The number of nitrogens with zero attached hydrogens (tertiary/aromatic N) is 2. The van der Waals surface area contributed by atoms with Crippen LogP contribution in [0, 0.1) is 6.92 Å². The summed E-state index contributed by atoms with van der Waals surface area (Å²) in [7, 11) is 3.39. The molecule has 160 valence electrons. The van der Waals surface area contributed by atoms with E-state index in [2.05, 4.69) is 45.7 Å². The van der Waals surface area contributed by atoms with Gasteiger partial charge in [0.25, 0.3) is 0 Å². The number of aliphatic imine (C=N–C) groups is 1. The van der Waals surface area contributed by atoms with Crippen LogP contribution in [0.3, 0.4) is 0 Å². The standard InChI is InChI=1S/C21H30N4O3.HI/c1-5-27-19-13-16(2)8-9-17(19)14-24-21(22-3)25-15-18-7-6-10-23-20(18)28-12-11-26-4;/h6-10,13H,5,11-12,14-15H2,1-4H3,(H2,22,24,25);1H. The normalized spacial score (nSPS) is 10.8. The number of benzene rings is 1. The smallest absolute Gasteiger partial charge is 0.218 e. The first-order valence-electron chi connectivity index (χ1n) is 9.40. The Balaban J connectivity index is 0.00000420. The highest BCUT2D eigenvalue weighted by atomic mass is 127. The van der Waals surface area contributed by atoms with Gasteiger partial charge in [-0.3, -0.25) is 4.99 Å². The number of methoxy groups -OCH3 is 1. The largest absolute Gasteiger partial charge is 0.494 e. The van der Waals surface area contributed by atoms with Gasteiger partial charge in [-0.15, -0.1) is 24.0 Å². The van der Waals surface area contributed by atoms with Crippen LogP contribution in [0.2, 0.25) is 0 Å². The van der Waals surface area contributed by atoms with Crippen molar-refractivity contribution < 1.29 is 14.2 Å². The second kappa shape index (κ2) is 14.0. The van der Waals surface area contributed by atoms with Crippen LogP contribution in [0.1, 0.15) is 23.6 Å². The van der Waals surface area contributed by atoms with Gasteiger partial charge >= 0.3 is 0 Å². The molecule has 0 fully saturated rings. The highest BCUT2D eigenvalue weighted by molar-refractivity contribution is 14.0. The number of ether oxygens (including phenoxy) is 3. The van der Waals surface area contributed by atoms with Gasteiger partial charge in [0.1, 0.15) is 12.4 Å². The number of rotatable bonds is 10. The van der Waals surface area contributed by atoms with Crippen LogP contribution in [0.5, 0.6) is 11.6 Å². The molecule has 0 bridgehead atoms. The fourth-order valence-corrected chi connectivity index (χ4v) is 2.59. The topological polar surface area (TPSA) is 77.0 Å². The Labute approximate surface area is 190 Å². The molecule has 0 amide bonds. The number of guanidine groups is 1. The van der Waals surface area contributed by atoms with Gasteiger partial charge in [0.2, 0.25) is 5.88 Å². The average molecular weight is 514 g/mol. The lowest BCUT2D eigenvalue weighted by atomic mass is 10.1. The molecule has 29 heavy (non-hydrogen) atoms. The molecule has 0 aliphatic carbocycles. The molecular weight excluding hydrogens is 483 g/mol. The van der Waals surface area contributed by atoms with Crippen molar-refractivity contribution in [1.82, 2.24) is 15.6 Å².